The van der Waals surface area contributed by atoms with Gasteiger partial charge in [0.05, 0.1) is 36.5 Å². The average molecular weight is 426 g/mol. The van der Waals surface area contributed by atoms with Crippen molar-refractivity contribution in [2.75, 3.05) is 25.7 Å². The van der Waals surface area contributed by atoms with Gasteiger partial charge in [0.25, 0.3) is 5.91 Å². The van der Waals surface area contributed by atoms with E-state index in [2.05, 4.69) is 10.1 Å². The molecule has 154 valence electrons. The van der Waals surface area contributed by atoms with Gasteiger partial charge in [0, 0.05) is 18.9 Å². The van der Waals surface area contributed by atoms with Crippen LogP contribution in [0.1, 0.15) is 10.4 Å². The number of aromatic nitrogens is 3. The van der Waals surface area contributed by atoms with E-state index in [1.165, 1.54) is 37.7 Å². The molecule has 4 rings (SSSR count). The highest BCUT2D eigenvalue weighted by Gasteiger charge is 2.25. The van der Waals surface area contributed by atoms with Crippen LogP contribution in [0, 0.1) is 5.82 Å². The lowest BCUT2D eigenvalue weighted by molar-refractivity contribution is 0.0982. The van der Waals surface area contributed by atoms with Gasteiger partial charge in [0.1, 0.15) is 5.82 Å². The summed E-state index contributed by atoms with van der Waals surface area (Å²) in [6, 6.07) is 11.3. The van der Waals surface area contributed by atoms with Crippen LogP contribution in [0.25, 0.3) is 10.2 Å². The number of fused-ring (bicyclic) bond motifs is 1. The van der Waals surface area contributed by atoms with Crippen LogP contribution in [0.3, 0.4) is 0 Å². The van der Waals surface area contributed by atoms with Gasteiger partial charge >= 0.3 is 0 Å². The number of carbonyl (C=O) groups excluding carboxylic acids is 1. The first-order valence-corrected chi connectivity index (χ1v) is 9.98. The second kappa shape index (κ2) is 8.50. The van der Waals surface area contributed by atoms with Crippen LogP contribution in [0.15, 0.2) is 54.9 Å². The molecule has 0 aliphatic carbocycles. The van der Waals surface area contributed by atoms with Crippen molar-refractivity contribution in [1.82, 2.24) is 14.8 Å². The minimum absolute atomic E-state index is 0.294. The van der Waals surface area contributed by atoms with Crippen molar-refractivity contribution in [2.45, 2.75) is 6.54 Å². The highest BCUT2D eigenvalue weighted by Crippen LogP contribution is 2.35. The van der Waals surface area contributed by atoms with Gasteiger partial charge < -0.3 is 9.47 Å². The number of ether oxygens (including phenoxy) is 2. The molecule has 0 saturated heterocycles. The lowest BCUT2D eigenvalue weighted by Gasteiger charge is -2.21. The van der Waals surface area contributed by atoms with Crippen molar-refractivity contribution in [1.29, 1.82) is 0 Å². The maximum atomic E-state index is 13.6. The molecule has 30 heavy (non-hydrogen) atoms. The van der Waals surface area contributed by atoms with E-state index >= 15 is 0 Å². The van der Waals surface area contributed by atoms with Gasteiger partial charge in [0.15, 0.2) is 16.6 Å². The lowest BCUT2D eigenvalue weighted by atomic mass is 10.1. The standard InChI is InChI=1S/C21H19FN4O3S/c1-28-17-6-3-5-15(19(17)29-2)20(27)26(12-11-25-10-4-9-23-25)21-24-16-8-7-14(22)13-18(16)30-21/h3-10,13H,11-12H2,1-2H3. The van der Waals surface area contributed by atoms with Crippen molar-refractivity contribution in [3.8, 4) is 11.5 Å². The van der Waals surface area contributed by atoms with E-state index in [0.717, 1.165) is 0 Å². The molecular formula is C21H19FN4O3S. The van der Waals surface area contributed by atoms with Gasteiger partial charge in [-0.05, 0) is 36.4 Å². The molecule has 9 heteroatoms. The third-order valence-electron chi connectivity index (χ3n) is 4.56. The maximum absolute atomic E-state index is 13.6. The number of carbonyl (C=O) groups is 1. The van der Waals surface area contributed by atoms with E-state index in [-0.39, 0.29) is 11.7 Å². The zero-order valence-corrected chi connectivity index (χ0v) is 17.2. The second-order valence-corrected chi connectivity index (χ2v) is 7.38. The normalized spacial score (nSPS) is 10.9. The monoisotopic (exact) mass is 426 g/mol. The van der Waals surface area contributed by atoms with Crippen LogP contribution in [0.4, 0.5) is 9.52 Å². The summed E-state index contributed by atoms with van der Waals surface area (Å²) in [4.78, 5) is 19.7. The molecule has 1 amide bonds. The predicted octanol–water partition coefficient (Wildman–Crippen LogP) is 4.00. The summed E-state index contributed by atoms with van der Waals surface area (Å²) in [6.07, 6.45) is 3.50. The summed E-state index contributed by atoms with van der Waals surface area (Å²) in [7, 11) is 3.01. The summed E-state index contributed by atoms with van der Waals surface area (Å²) in [5.74, 6) is 0.169. The van der Waals surface area contributed by atoms with Crippen LogP contribution in [0.2, 0.25) is 0 Å². The molecule has 0 bridgehead atoms. The summed E-state index contributed by atoms with van der Waals surface area (Å²) < 4.78 is 26.8. The first-order valence-electron chi connectivity index (χ1n) is 9.17. The molecule has 0 atom stereocenters. The van der Waals surface area contributed by atoms with Gasteiger partial charge in [-0.25, -0.2) is 9.37 Å². The molecule has 4 aromatic rings. The minimum Gasteiger partial charge on any atom is -0.493 e. The number of hydrogen-bond acceptors (Lipinski definition) is 6. The Balaban J connectivity index is 1.75. The topological polar surface area (TPSA) is 69.5 Å². The largest absolute Gasteiger partial charge is 0.493 e. The third-order valence-corrected chi connectivity index (χ3v) is 5.60. The summed E-state index contributed by atoms with van der Waals surface area (Å²) in [6.45, 7) is 0.790. The zero-order chi connectivity index (χ0) is 21.1. The molecule has 0 N–H and O–H groups in total. The van der Waals surface area contributed by atoms with Gasteiger partial charge in [0.2, 0.25) is 0 Å². The Hall–Kier alpha value is -3.46. The van der Waals surface area contributed by atoms with E-state index in [0.29, 0.717) is 45.5 Å². The number of halogens is 1. The fraction of sp³-hybridized carbons (Fsp3) is 0.190. The van der Waals surface area contributed by atoms with Gasteiger partial charge in [-0.3, -0.25) is 14.4 Å². The molecule has 0 aliphatic rings. The summed E-state index contributed by atoms with van der Waals surface area (Å²) in [5, 5.41) is 4.67. The van der Waals surface area contributed by atoms with Gasteiger partial charge in [-0.2, -0.15) is 5.10 Å². The lowest BCUT2D eigenvalue weighted by Crippen LogP contribution is -2.34. The van der Waals surface area contributed by atoms with E-state index in [9.17, 15) is 9.18 Å². The molecule has 0 fully saturated rings. The van der Waals surface area contributed by atoms with Crippen molar-refractivity contribution >= 4 is 32.6 Å². The Bertz CT molecular complexity index is 1180. The molecular weight excluding hydrogens is 407 g/mol. The highest BCUT2D eigenvalue weighted by atomic mass is 32.1. The maximum Gasteiger partial charge on any atom is 0.264 e. The third kappa shape index (κ3) is 3.84. The quantitative estimate of drug-likeness (QED) is 0.447. The molecule has 0 saturated carbocycles. The van der Waals surface area contributed by atoms with E-state index in [1.54, 1.807) is 40.0 Å². The fourth-order valence-corrected chi connectivity index (χ4v) is 4.14. The van der Waals surface area contributed by atoms with Crippen LogP contribution >= 0.6 is 11.3 Å². The number of benzene rings is 2. The molecule has 0 spiro atoms. The number of methoxy groups -OCH3 is 2. The van der Waals surface area contributed by atoms with Crippen molar-refractivity contribution in [3.05, 3.63) is 66.2 Å². The Labute approximate surface area is 176 Å². The Kier molecular flexibility index (Phi) is 5.62. The van der Waals surface area contributed by atoms with Gasteiger partial charge in [-0.1, -0.05) is 17.4 Å². The number of anilines is 1. The van der Waals surface area contributed by atoms with Crippen LogP contribution in [-0.2, 0) is 6.54 Å². The number of para-hydroxylation sites is 1. The molecule has 0 radical (unpaired) electrons. The average Bonchev–Trinajstić information content (AvgIpc) is 3.42. The fourth-order valence-electron chi connectivity index (χ4n) is 3.12. The highest BCUT2D eigenvalue weighted by molar-refractivity contribution is 7.22. The molecule has 0 aliphatic heterocycles. The smallest absolute Gasteiger partial charge is 0.264 e. The number of nitrogens with zero attached hydrogens (tertiary/aromatic N) is 4. The van der Waals surface area contributed by atoms with Crippen molar-refractivity contribution in [3.63, 3.8) is 0 Å². The number of rotatable bonds is 7. The van der Waals surface area contributed by atoms with Crippen LogP contribution < -0.4 is 14.4 Å². The molecule has 7 nitrogen and oxygen atoms in total. The van der Waals surface area contributed by atoms with Crippen molar-refractivity contribution in [2.24, 2.45) is 0 Å². The molecule has 2 aromatic heterocycles. The van der Waals surface area contributed by atoms with E-state index in [4.69, 9.17) is 9.47 Å². The predicted molar refractivity (Wildman–Crippen MR) is 113 cm³/mol. The number of hydrogen-bond donors (Lipinski definition) is 0. The summed E-state index contributed by atoms with van der Waals surface area (Å²) in [5.41, 5.74) is 0.980. The zero-order valence-electron chi connectivity index (χ0n) is 16.4. The first kappa shape index (κ1) is 19.8. The number of amides is 1. The van der Waals surface area contributed by atoms with E-state index in [1.807, 2.05) is 12.3 Å². The Morgan fingerprint density at radius 3 is 2.80 bits per heavy atom. The minimum atomic E-state index is -0.346. The molecule has 0 unspecified atom stereocenters. The Morgan fingerprint density at radius 1 is 1.20 bits per heavy atom. The van der Waals surface area contributed by atoms with Crippen LogP contribution in [0.5, 0.6) is 11.5 Å². The first-order chi connectivity index (χ1) is 14.6. The second-order valence-electron chi connectivity index (χ2n) is 6.38. The van der Waals surface area contributed by atoms with Crippen molar-refractivity contribution < 1.29 is 18.7 Å². The van der Waals surface area contributed by atoms with E-state index < -0.39 is 0 Å². The Morgan fingerprint density at radius 2 is 2.07 bits per heavy atom. The SMILES string of the molecule is COc1cccc(C(=O)N(CCn2cccn2)c2nc3ccc(F)cc3s2)c1OC. The van der Waals surface area contributed by atoms with Gasteiger partial charge in [-0.15, -0.1) is 0 Å². The molecule has 2 heterocycles. The number of thiazole rings is 1. The molecule has 2 aromatic carbocycles. The van der Waals surface area contributed by atoms with Crippen LogP contribution in [-0.4, -0.2) is 41.4 Å². The summed E-state index contributed by atoms with van der Waals surface area (Å²) >= 11 is 1.26.